The summed E-state index contributed by atoms with van der Waals surface area (Å²) in [7, 11) is 0. The normalized spacial score (nSPS) is 17.4. The second kappa shape index (κ2) is 6.83. The molecule has 27 heavy (non-hydrogen) atoms. The van der Waals surface area contributed by atoms with Crippen LogP contribution in [0.5, 0.6) is 0 Å². The quantitative estimate of drug-likeness (QED) is 0.812. The summed E-state index contributed by atoms with van der Waals surface area (Å²) in [5.74, 6) is -1.59. The monoisotopic (exact) mass is 364 g/mol. The zero-order valence-electron chi connectivity index (χ0n) is 15.0. The van der Waals surface area contributed by atoms with Crippen LogP contribution in [0.3, 0.4) is 0 Å². The van der Waals surface area contributed by atoms with Gasteiger partial charge in [0.15, 0.2) is 0 Å². The van der Waals surface area contributed by atoms with Crippen LogP contribution in [0, 0.1) is 0 Å². The number of benzene rings is 1. The smallest absolute Gasteiger partial charge is 0.313 e. The van der Waals surface area contributed by atoms with Gasteiger partial charge in [-0.05, 0) is 55.2 Å². The summed E-state index contributed by atoms with van der Waals surface area (Å²) in [4.78, 5) is 42.7. The SMILES string of the molecule is C[C@H]1C(=O)N2CCCc3cc(NC(=O)C(=O)NCc4ccccn4)cc1c32. The van der Waals surface area contributed by atoms with Gasteiger partial charge in [0.2, 0.25) is 5.91 Å². The van der Waals surface area contributed by atoms with E-state index in [0.717, 1.165) is 36.2 Å². The van der Waals surface area contributed by atoms with Crippen molar-refractivity contribution in [1.29, 1.82) is 0 Å². The second-order valence-electron chi connectivity index (χ2n) is 6.85. The molecule has 138 valence electrons. The molecular weight excluding hydrogens is 344 g/mol. The molecule has 0 radical (unpaired) electrons. The van der Waals surface area contributed by atoms with E-state index in [9.17, 15) is 14.4 Å². The first-order valence-electron chi connectivity index (χ1n) is 9.02. The highest BCUT2D eigenvalue weighted by atomic mass is 16.2. The lowest BCUT2D eigenvalue weighted by atomic mass is 9.96. The maximum Gasteiger partial charge on any atom is 0.313 e. The summed E-state index contributed by atoms with van der Waals surface area (Å²) in [6.45, 7) is 2.80. The topological polar surface area (TPSA) is 91.4 Å². The van der Waals surface area contributed by atoms with Crippen molar-refractivity contribution in [2.24, 2.45) is 0 Å². The zero-order valence-corrected chi connectivity index (χ0v) is 15.0. The third kappa shape index (κ3) is 3.16. The van der Waals surface area contributed by atoms with Gasteiger partial charge in [0, 0.05) is 18.4 Å². The van der Waals surface area contributed by atoms with Crippen LogP contribution in [-0.2, 0) is 27.3 Å². The van der Waals surface area contributed by atoms with Gasteiger partial charge in [0.05, 0.1) is 23.8 Å². The number of hydrogen-bond donors (Lipinski definition) is 2. The van der Waals surface area contributed by atoms with Crippen molar-refractivity contribution in [2.45, 2.75) is 32.2 Å². The Bertz CT molecular complexity index is 926. The standard InChI is InChI=1S/C20H20N4O3/c1-12-16-10-15(9-13-5-4-8-24(17(13)16)20(12)27)23-19(26)18(25)22-11-14-6-2-3-7-21-14/h2-3,6-7,9-10,12H,4-5,8,11H2,1H3,(H,22,25)(H,23,26)/t12-/m1/s1. The summed E-state index contributed by atoms with van der Waals surface area (Å²) in [6.07, 6.45) is 3.38. The van der Waals surface area contributed by atoms with Crippen molar-refractivity contribution >= 4 is 29.1 Å². The van der Waals surface area contributed by atoms with Crippen molar-refractivity contribution in [3.05, 3.63) is 53.3 Å². The van der Waals surface area contributed by atoms with Crippen LogP contribution in [0.2, 0.25) is 0 Å². The zero-order chi connectivity index (χ0) is 19.0. The average Bonchev–Trinajstić information content (AvgIpc) is 2.93. The van der Waals surface area contributed by atoms with Crippen LogP contribution in [0.4, 0.5) is 11.4 Å². The van der Waals surface area contributed by atoms with Crippen molar-refractivity contribution in [1.82, 2.24) is 10.3 Å². The molecule has 2 aliphatic heterocycles. The Morgan fingerprint density at radius 3 is 2.89 bits per heavy atom. The van der Waals surface area contributed by atoms with Crippen LogP contribution >= 0.6 is 0 Å². The number of pyridine rings is 1. The third-order valence-electron chi connectivity index (χ3n) is 5.04. The number of nitrogens with one attached hydrogen (secondary N) is 2. The lowest BCUT2D eigenvalue weighted by Gasteiger charge is -2.26. The Labute approximate surface area is 156 Å². The minimum Gasteiger partial charge on any atom is -0.342 e. The van der Waals surface area contributed by atoms with Gasteiger partial charge in [-0.25, -0.2) is 0 Å². The molecule has 4 rings (SSSR count). The molecule has 0 saturated carbocycles. The van der Waals surface area contributed by atoms with Gasteiger partial charge >= 0.3 is 11.8 Å². The highest BCUT2D eigenvalue weighted by molar-refractivity contribution is 6.39. The van der Waals surface area contributed by atoms with Crippen LogP contribution in [0.1, 0.15) is 36.1 Å². The van der Waals surface area contributed by atoms with E-state index in [4.69, 9.17) is 0 Å². The van der Waals surface area contributed by atoms with E-state index in [0.29, 0.717) is 11.4 Å². The Balaban J connectivity index is 1.48. The van der Waals surface area contributed by atoms with Crippen molar-refractivity contribution in [3.8, 4) is 0 Å². The molecule has 1 aromatic carbocycles. The molecule has 7 heteroatoms. The fraction of sp³-hybridized carbons (Fsp3) is 0.300. The predicted molar refractivity (Wildman–Crippen MR) is 100 cm³/mol. The van der Waals surface area contributed by atoms with E-state index in [1.807, 2.05) is 24.0 Å². The number of hydrogen-bond acceptors (Lipinski definition) is 4. The minimum absolute atomic E-state index is 0.0996. The van der Waals surface area contributed by atoms with E-state index < -0.39 is 11.8 Å². The Morgan fingerprint density at radius 1 is 1.26 bits per heavy atom. The largest absolute Gasteiger partial charge is 0.342 e. The molecule has 0 fully saturated rings. The first kappa shape index (κ1) is 17.2. The molecule has 0 aliphatic carbocycles. The van der Waals surface area contributed by atoms with Crippen LogP contribution in [-0.4, -0.2) is 29.3 Å². The number of carbonyl (C=O) groups excluding carboxylic acids is 3. The van der Waals surface area contributed by atoms with Gasteiger partial charge < -0.3 is 15.5 Å². The van der Waals surface area contributed by atoms with E-state index in [-0.39, 0.29) is 18.4 Å². The maximum atomic E-state index is 12.4. The average molecular weight is 364 g/mol. The first-order chi connectivity index (χ1) is 13.0. The first-order valence-corrected chi connectivity index (χ1v) is 9.02. The predicted octanol–water partition coefficient (Wildman–Crippen LogP) is 1.73. The second-order valence-corrected chi connectivity index (χ2v) is 6.85. The van der Waals surface area contributed by atoms with Crippen molar-refractivity contribution < 1.29 is 14.4 Å². The van der Waals surface area contributed by atoms with Gasteiger partial charge in [-0.3, -0.25) is 19.4 Å². The van der Waals surface area contributed by atoms with E-state index in [1.165, 1.54) is 0 Å². The van der Waals surface area contributed by atoms with Gasteiger partial charge in [0.25, 0.3) is 0 Å². The minimum atomic E-state index is -0.734. The molecule has 3 heterocycles. The number of carbonyl (C=O) groups is 3. The number of rotatable bonds is 3. The summed E-state index contributed by atoms with van der Waals surface area (Å²) in [5.41, 5.74) is 4.16. The Morgan fingerprint density at radius 2 is 2.11 bits per heavy atom. The number of aromatic nitrogens is 1. The lowest BCUT2D eigenvalue weighted by Crippen LogP contribution is -2.35. The lowest BCUT2D eigenvalue weighted by molar-refractivity contribution is -0.136. The van der Waals surface area contributed by atoms with Gasteiger partial charge in [0.1, 0.15) is 0 Å². The van der Waals surface area contributed by atoms with Crippen LogP contribution in [0.15, 0.2) is 36.5 Å². The number of aryl methyl sites for hydroxylation is 1. The fourth-order valence-electron chi connectivity index (χ4n) is 3.71. The van der Waals surface area contributed by atoms with Gasteiger partial charge in [-0.15, -0.1) is 0 Å². The molecule has 7 nitrogen and oxygen atoms in total. The Kier molecular flexibility index (Phi) is 4.35. The fourth-order valence-corrected chi connectivity index (χ4v) is 3.71. The molecule has 2 aromatic rings. The molecule has 0 bridgehead atoms. The molecule has 0 unspecified atom stereocenters. The van der Waals surface area contributed by atoms with E-state index >= 15 is 0 Å². The van der Waals surface area contributed by atoms with E-state index in [1.54, 1.807) is 24.4 Å². The third-order valence-corrected chi connectivity index (χ3v) is 5.04. The van der Waals surface area contributed by atoms with Crippen LogP contribution < -0.4 is 15.5 Å². The van der Waals surface area contributed by atoms with Crippen molar-refractivity contribution in [3.63, 3.8) is 0 Å². The molecule has 0 spiro atoms. The molecule has 1 atom stereocenters. The highest BCUT2D eigenvalue weighted by Crippen LogP contribution is 2.44. The van der Waals surface area contributed by atoms with Crippen LogP contribution in [0.25, 0.3) is 0 Å². The van der Waals surface area contributed by atoms with Gasteiger partial charge in [-0.1, -0.05) is 6.07 Å². The molecule has 3 amide bonds. The molecule has 1 aromatic heterocycles. The Hall–Kier alpha value is -3.22. The van der Waals surface area contributed by atoms with E-state index in [2.05, 4.69) is 15.6 Å². The molecule has 2 N–H and O–H groups in total. The number of anilines is 2. The summed E-state index contributed by atoms with van der Waals surface area (Å²) < 4.78 is 0. The summed E-state index contributed by atoms with van der Waals surface area (Å²) >= 11 is 0. The van der Waals surface area contributed by atoms with Crippen molar-refractivity contribution in [2.75, 3.05) is 16.8 Å². The molecular formula is C20H20N4O3. The van der Waals surface area contributed by atoms with Gasteiger partial charge in [-0.2, -0.15) is 0 Å². The molecule has 2 aliphatic rings. The number of amides is 3. The maximum absolute atomic E-state index is 12.4. The number of nitrogens with zero attached hydrogens (tertiary/aromatic N) is 2. The summed E-state index contributed by atoms with van der Waals surface area (Å²) in [6, 6.07) is 9.03. The highest BCUT2D eigenvalue weighted by Gasteiger charge is 2.38. The molecule has 0 saturated heterocycles. The summed E-state index contributed by atoms with van der Waals surface area (Å²) in [5, 5.41) is 5.21.